The van der Waals surface area contributed by atoms with E-state index in [1.807, 2.05) is 0 Å². The van der Waals surface area contributed by atoms with E-state index < -0.39 is 60.3 Å². The van der Waals surface area contributed by atoms with Crippen LogP contribution in [-0.2, 0) is 35.9 Å². The molecule has 19 heteroatoms. The molecule has 16 nitrogen and oxygen atoms in total. The van der Waals surface area contributed by atoms with E-state index in [2.05, 4.69) is 17.9 Å². The van der Waals surface area contributed by atoms with Gasteiger partial charge in [0.1, 0.15) is 24.1 Å². The van der Waals surface area contributed by atoms with Crippen LogP contribution in [0.2, 0.25) is 0 Å². The summed E-state index contributed by atoms with van der Waals surface area (Å²) in [6.45, 7) is -0.922. The number of benzene rings is 1. The number of anilines is 1. The molecule has 4 rings (SSSR count). The molecule has 2 fully saturated rings. The molecule has 6 atom stereocenters. The minimum atomic E-state index is -5.27. The van der Waals surface area contributed by atoms with Crippen LogP contribution in [0.25, 0.3) is 11.1 Å². The van der Waals surface area contributed by atoms with E-state index in [-0.39, 0.29) is 5.82 Å². The summed E-state index contributed by atoms with van der Waals surface area (Å²) in [4.78, 5) is 34.7. The third-order valence-corrected chi connectivity index (χ3v) is 10.1. The zero-order valence-electron chi connectivity index (χ0n) is 16.8. The number of nitrogen functional groups attached to an aromatic ring is 1. The van der Waals surface area contributed by atoms with Gasteiger partial charge in [-0.25, -0.2) is 18.5 Å². The summed E-state index contributed by atoms with van der Waals surface area (Å²) >= 11 is 0. The van der Waals surface area contributed by atoms with Crippen molar-refractivity contribution in [1.82, 2.24) is 9.55 Å². The lowest BCUT2D eigenvalue weighted by molar-refractivity contribution is -0.0544. The van der Waals surface area contributed by atoms with Crippen molar-refractivity contribution in [3.8, 4) is 11.1 Å². The van der Waals surface area contributed by atoms with E-state index in [9.17, 15) is 38.5 Å². The van der Waals surface area contributed by atoms with Crippen LogP contribution >= 0.6 is 23.5 Å². The topological polar surface area (TPSA) is 239 Å². The highest BCUT2D eigenvalue weighted by Gasteiger charge is 2.55. The molecule has 2 aromatic rings. The number of aromatic nitrogens is 2. The molecule has 2 aliphatic heterocycles. The van der Waals surface area contributed by atoms with E-state index in [1.165, 1.54) is 6.20 Å². The molecule has 2 aliphatic rings. The van der Waals surface area contributed by atoms with Crippen LogP contribution in [0.1, 0.15) is 6.23 Å². The lowest BCUT2D eigenvalue weighted by Gasteiger charge is -2.27. The smallest absolute Gasteiger partial charge is 0.387 e. The summed E-state index contributed by atoms with van der Waals surface area (Å²) < 4.78 is 58.4. The second-order valence-corrected chi connectivity index (χ2v) is 12.1. The lowest BCUT2D eigenvalue weighted by atomic mass is 10.1. The van der Waals surface area contributed by atoms with Gasteiger partial charge in [0.05, 0.1) is 6.61 Å². The first-order valence-electron chi connectivity index (χ1n) is 9.29. The van der Waals surface area contributed by atoms with Gasteiger partial charge in [0, 0.05) is 11.8 Å². The third-order valence-electron chi connectivity index (χ3n) is 4.69. The minimum absolute atomic E-state index is 0.0888. The summed E-state index contributed by atoms with van der Waals surface area (Å²) in [6.07, 6.45) is -5.19. The fraction of sp³-hybridized carbons (Fsp3) is 0.333. The standard InChI is InChI=1S/C15H18N3O13P3/c16-13-9(8-4-2-1-3-5-8)6-18(15(21)17-13)14-12(20)11(19)10(28-14)7-27-34(26)30-32(22,23)29-33(24,25)31-34/h1-6,10-12,14,19-20H,7H2,(H,22,23)(H,24,25)(H2,16,17,21)/t10-,11+,12+,14-/m1/s1. The van der Waals surface area contributed by atoms with Crippen LogP contribution in [0.3, 0.4) is 0 Å². The zero-order valence-corrected chi connectivity index (χ0v) is 19.4. The molecule has 6 N–H and O–H groups in total. The monoisotopic (exact) mass is 541 g/mol. The van der Waals surface area contributed by atoms with Gasteiger partial charge in [-0.2, -0.15) is 17.9 Å². The highest BCUT2D eigenvalue weighted by molar-refractivity contribution is 7.74. The summed E-state index contributed by atoms with van der Waals surface area (Å²) in [5, 5.41) is 20.8. The van der Waals surface area contributed by atoms with Crippen LogP contribution < -0.4 is 11.4 Å². The van der Waals surface area contributed by atoms with Crippen molar-refractivity contribution in [2.45, 2.75) is 24.5 Å². The fourth-order valence-corrected chi connectivity index (χ4v) is 8.17. The van der Waals surface area contributed by atoms with E-state index in [1.54, 1.807) is 30.3 Å². The number of nitrogens with two attached hydrogens (primary N) is 1. The van der Waals surface area contributed by atoms with Gasteiger partial charge in [-0.1, -0.05) is 30.3 Å². The average Bonchev–Trinajstić information content (AvgIpc) is 2.99. The van der Waals surface area contributed by atoms with Gasteiger partial charge < -0.3 is 30.5 Å². The number of aliphatic hydroxyl groups is 2. The van der Waals surface area contributed by atoms with Crippen molar-refractivity contribution in [3.05, 3.63) is 47.0 Å². The Morgan fingerprint density at radius 1 is 1.03 bits per heavy atom. The fourth-order valence-electron chi connectivity index (χ4n) is 3.24. The minimum Gasteiger partial charge on any atom is -0.387 e. The number of nitrogens with zero attached hydrogens (tertiary/aromatic N) is 2. The van der Waals surface area contributed by atoms with E-state index >= 15 is 0 Å². The molecule has 0 amide bonds. The maximum atomic E-state index is 12.4. The first-order valence-corrected chi connectivity index (χ1v) is 13.7. The lowest BCUT2D eigenvalue weighted by Crippen LogP contribution is -2.36. The molecule has 0 aliphatic carbocycles. The average molecular weight is 541 g/mol. The van der Waals surface area contributed by atoms with E-state index in [0.717, 1.165) is 4.57 Å². The van der Waals surface area contributed by atoms with Crippen LogP contribution in [0.4, 0.5) is 5.82 Å². The first kappa shape index (κ1) is 25.3. The number of aliphatic hydroxyl groups excluding tert-OH is 2. The normalized spacial score (nSPS) is 38.1. The molecule has 0 saturated carbocycles. The molecule has 1 aromatic carbocycles. The molecule has 186 valence electrons. The van der Waals surface area contributed by atoms with Crippen LogP contribution in [0, 0.1) is 0 Å². The van der Waals surface area contributed by atoms with Crippen molar-refractivity contribution in [3.63, 3.8) is 0 Å². The Labute approximate surface area is 190 Å². The van der Waals surface area contributed by atoms with Crippen molar-refractivity contribution in [1.29, 1.82) is 0 Å². The van der Waals surface area contributed by atoms with E-state index in [0.29, 0.717) is 11.1 Å². The SMILES string of the molecule is Nc1nc(=O)n([C@@H]2O[C@H](COP3(=O)OP(=O)(O)OP(=O)(O)O3)[C@H](O)[C@@H]2O)cc1-c1ccccc1. The van der Waals surface area contributed by atoms with Gasteiger partial charge in [0.15, 0.2) is 6.23 Å². The second kappa shape index (κ2) is 9.03. The second-order valence-electron chi connectivity index (χ2n) is 7.07. The molecule has 1 aromatic heterocycles. The Bertz CT molecular complexity index is 1260. The Balaban J connectivity index is 1.55. The highest BCUT2D eigenvalue weighted by atomic mass is 31.3. The molecule has 3 heterocycles. The van der Waals surface area contributed by atoms with Gasteiger partial charge in [-0.3, -0.25) is 9.09 Å². The highest BCUT2D eigenvalue weighted by Crippen LogP contribution is 2.80. The van der Waals surface area contributed by atoms with Gasteiger partial charge in [0.25, 0.3) is 0 Å². The summed E-state index contributed by atoms with van der Waals surface area (Å²) in [5.41, 5.74) is 5.86. The number of rotatable bonds is 5. The summed E-state index contributed by atoms with van der Waals surface area (Å²) in [6, 6.07) is 8.61. The number of phosphoric acid groups is 3. The molecule has 2 saturated heterocycles. The van der Waals surface area contributed by atoms with Crippen LogP contribution in [0.15, 0.2) is 41.3 Å². The van der Waals surface area contributed by atoms with Crippen molar-refractivity contribution in [2.24, 2.45) is 0 Å². The largest absolute Gasteiger partial charge is 0.492 e. The predicted molar refractivity (Wildman–Crippen MR) is 111 cm³/mol. The Morgan fingerprint density at radius 3 is 2.26 bits per heavy atom. The Hall–Kier alpha value is -1.77. The number of hydrogen-bond donors (Lipinski definition) is 5. The molecular weight excluding hydrogens is 523 g/mol. The maximum Gasteiger partial charge on any atom is 0.492 e. The number of hydrogen-bond acceptors (Lipinski definition) is 13. The first-order chi connectivity index (χ1) is 15.8. The van der Waals surface area contributed by atoms with Crippen LogP contribution in [0.5, 0.6) is 0 Å². The van der Waals surface area contributed by atoms with Gasteiger partial charge in [-0.15, -0.1) is 0 Å². The van der Waals surface area contributed by atoms with Gasteiger partial charge in [0.2, 0.25) is 0 Å². The molecule has 0 bridgehead atoms. The van der Waals surface area contributed by atoms with Gasteiger partial charge >= 0.3 is 29.2 Å². The molecule has 0 spiro atoms. The van der Waals surface area contributed by atoms with Crippen LogP contribution in [-0.4, -0.2) is 54.5 Å². The molecule has 34 heavy (non-hydrogen) atoms. The maximum absolute atomic E-state index is 12.4. The third kappa shape index (κ3) is 5.24. The predicted octanol–water partition coefficient (Wildman–Crippen LogP) is 0.501. The zero-order chi connectivity index (χ0) is 24.9. The number of ether oxygens (including phenoxy) is 1. The summed E-state index contributed by atoms with van der Waals surface area (Å²) in [5.74, 6) is -0.0888. The van der Waals surface area contributed by atoms with Crippen molar-refractivity contribution < 1.29 is 55.9 Å². The molecular formula is C15H18N3O13P3. The Kier molecular flexibility index (Phi) is 6.72. The van der Waals surface area contributed by atoms with Gasteiger partial charge in [-0.05, 0) is 5.56 Å². The summed E-state index contributed by atoms with van der Waals surface area (Å²) in [7, 11) is -15.7. The quantitative estimate of drug-likeness (QED) is 0.324. The van der Waals surface area contributed by atoms with E-state index in [4.69, 9.17) is 15.0 Å². The molecule has 0 radical (unpaired) electrons. The molecule has 2 unspecified atom stereocenters. The Morgan fingerprint density at radius 2 is 1.65 bits per heavy atom. The van der Waals surface area contributed by atoms with Crippen molar-refractivity contribution in [2.75, 3.05) is 12.3 Å². The van der Waals surface area contributed by atoms with Crippen molar-refractivity contribution >= 4 is 29.3 Å².